The van der Waals surface area contributed by atoms with Gasteiger partial charge in [-0.2, -0.15) is 0 Å². The minimum Gasteiger partial charge on any atom is -0.481 e. The van der Waals surface area contributed by atoms with Crippen molar-refractivity contribution >= 4 is 33.7 Å². The van der Waals surface area contributed by atoms with Crippen molar-refractivity contribution in [3.05, 3.63) is 10.6 Å². The van der Waals surface area contributed by atoms with E-state index in [0.29, 0.717) is 17.4 Å². The Hall–Kier alpha value is -1.17. The molecule has 1 aliphatic heterocycles. The Bertz CT molecular complexity index is 378. The highest BCUT2D eigenvalue weighted by Crippen LogP contribution is 2.18. The van der Waals surface area contributed by atoms with Crippen LogP contribution in [0.2, 0.25) is 0 Å². The molecular weight excluding hydrogens is 302 g/mol. The van der Waals surface area contributed by atoms with Crippen molar-refractivity contribution < 1.29 is 19.5 Å². The number of carbonyl (C=O) groups is 3. The predicted molar refractivity (Wildman–Crippen MR) is 69.1 cm³/mol. The van der Waals surface area contributed by atoms with Gasteiger partial charge in [-0.1, -0.05) is 19.3 Å². The van der Waals surface area contributed by atoms with Gasteiger partial charge in [0.1, 0.15) is 0 Å². The monoisotopic (exact) mass is 317 g/mol. The average molecular weight is 318 g/mol. The number of aliphatic carboxylic acids is 1. The number of nitrogens with zero attached hydrogens (tertiary/aromatic N) is 1. The molecule has 0 aromatic rings. The number of amides is 2. The van der Waals surface area contributed by atoms with Crippen LogP contribution in [-0.2, 0) is 14.4 Å². The lowest BCUT2D eigenvalue weighted by Crippen LogP contribution is -2.31. The molecule has 0 fully saturated rings. The van der Waals surface area contributed by atoms with Gasteiger partial charge in [-0.15, -0.1) is 0 Å². The fourth-order valence-corrected chi connectivity index (χ4v) is 2.18. The van der Waals surface area contributed by atoms with Crippen molar-refractivity contribution in [2.75, 3.05) is 6.54 Å². The van der Waals surface area contributed by atoms with Gasteiger partial charge in [0, 0.05) is 19.0 Å². The van der Waals surface area contributed by atoms with Crippen LogP contribution < -0.4 is 0 Å². The highest BCUT2D eigenvalue weighted by atomic mass is 79.9. The second-order valence-corrected chi connectivity index (χ2v) is 5.05. The molecule has 1 heterocycles. The summed E-state index contributed by atoms with van der Waals surface area (Å²) < 4.78 is 0.314. The number of carboxylic acid groups (broad SMARTS) is 1. The Labute approximate surface area is 114 Å². The maximum atomic E-state index is 11.5. The molecule has 100 valence electrons. The molecule has 1 aliphatic rings. The number of imide groups is 1. The van der Waals surface area contributed by atoms with Crippen LogP contribution in [0.3, 0.4) is 0 Å². The van der Waals surface area contributed by atoms with Crippen molar-refractivity contribution in [1.82, 2.24) is 4.90 Å². The SMILES string of the molecule is O=C(O)CCCCCCCN1C(=O)C=C(Br)C1=O. The summed E-state index contributed by atoms with van der Waals surface area (Å²) >= 11 is 3.03. The topological polar surface area (TPSA) is 74.7 Å². The van der Waals surface area contributed by atoms with E-state index in [0.717, 1.165) is 25.7 Å². The second kappa shape index (κ2) is 7.31. The maximum Gasteiger partial charge on any atom is 0.303 e. The van der Waals surface area contributed by atoms with Gasteiger partial charge < -0.3 is 5.11 Å². The van der Waals surface area contributed by atoms with Gasteiger partial charge >= 0.3 is 5.97 Å². The molecule has 18 heavy (non-hydrogen) atoms. The molecule has 0 aromatic heterocycles. The molecule has 5 nitrogen and oxygen atoms in total. The molecule has 6 heteroatoms. The van der Waals surface area contributed by atoms with E-state index < -0.39 is 5.97 Å². The Morgan fingerprint density at radius 3 is 2.33 bits per heavy atom. The fourth-order valence-electron chi connectivity index (χ4n) is 1.77. The summed E-state index contributed by atoms with van der Waals surface area (Å²) in [5, 5.41) is 8.45. The number of hydrogen-bond donors (Lipinski definition) is 1. The van der Waals surface area contributed by atoms with Crippen LogP contribution in [0.25, 0.3) is 0 Å². The Morgan fingerprint density at radius 1 is 1.17 bits per heavy atom. The third-order valence-electron chi connectivity index (χ3n) is 2.74. The number of unbranched alkanes of at least 4 members (excludes halogenated alkanes) is 4. The number of rotatable bonds is 8. The lowest BCUT2D eigenvalue weighted by molar-refractivity contribution is -0.138. The smallest absolute Gasteiger partial charge is 0.303 e. The highest BCUT2D eigenvalue weighted by molar-refractivity contribution is 9.12. The van der Waals surface area contributed by atoms with E-state index in [1.165, 1.54) is 11.0 Å². The Morgan fingerprint density at radius 2 is 1.78 bits per heavy atom. The van der Waals surface area contributed by atoms with E-state index in [-0.39, 0.29) is 18.2 Å². The molecule has 0 saturated heterocycles. The van der Waals surface area contributed by atoms with Gasteiger partial charge in [-0.25, -0.2) is 0 Å². The van der Waals surface area contributed by atoms with Crippen molar-refractivity contribution in [1.29, 1.82) is 0 Å². The summed E-state index contributed by atoms with van der Waals surface area (Å²) in [6.45, 7) is 0.433. The zero-order valence-electron chi connectivity index (χ0n) is 10.0. The second-order valence-electron chi connectivity index (χ2n) is 4.20. The third-order valence-corrected chi connectivity index (χ3v) is 3.31. The van der Waals surface area contributed by atoms with Crippen LogP contribution in [0.5, 0.6) is 0 Å². The van der Waals surface area contributed by atoms with Crippen molar-refractivity contribution in [3.63, 3.8) is 0 Å². The van der Waals surface area contributed by atoms with E-state index in [9.17, 15) is 14.4 Å². The van der Waals surface area contributed by atoms with Crippen LogP contribution in [0.1, 0.15) is 38.5 Å². The predicted octanol–water partition coefficient (Wildman–Crippen LogP) is 2.06. The Balaban J connectivity index is 2.07. The van der Waals surface area contributed by atoms with E-state index in [1.54, 1.807) is 0 Å². The molecular formula is C12H16BrNO4. The van der Waals surface area contributed by atoms with Gasteiger partial charge in [0.15, 0.2) is 0 Å². The lowest BCUT2D eigenvalue weighted by Gasteiger charge is -2.13. The largest absolute Gasteiger partial charge is 0.481 e. The van der Waals surface area contributed by atoms with Gasteiger partial charge in [-0.3, -0.25) is 19.3 Å². The first kappa shape index (κ1) is 14.9. The zero-order valence-corrected chi connectivity index (χ0v) is 11.6. The third kappa shape index (κ3) is 4.60. The molecule has 0 aliphatic carbocycles. The molecule has 0 saturated carbocycles. The summed E-state index contributed by atoms with van der Waals surface area (Å²) in [6.07, 6.45) is 5.64. The molecule has 1 rings (SSSR count). The van der Waals surface area contributed by atoms with E-state index in [2.05, 4.69) is 15.9 Å². The van der Waals surface area contributed by atoms with Gasteiger partial charge in [0.05, 0.1) is 4.48 Å². The molecule has 0 radical (unpaired) electrons. The standard InChI is InChI=1S/C12H16BrNO4/c13-9-8-10(15)14(12(9)18)7-5-3-1-2-4-6-11(16)17/h8H,1-7H2,(H,16,17). The minimum atomic E-state index is -0.765. The molecule has 0 aromatic carbocycles. The molecule has 1 N–H and O–H groups in total. The molecule has 2 amide bonds. The van der Waals surface area contributed by atoms with E-state index in [4.69, 9.17) is 5.11 Å². The molecule has 0 spiro atoms. The van der Waals surface area contributed by atoms with Crippen LogP contribution >= 0.6 is 15.9 Å². The number of halogens is 1. The van der Waals surface area contributed by atoms with Crippen molar-refractivity contribution in [2.24, 2.45) is 0 Å². The zero-order chi connectivity index (χ0) is 13.5. The molecule has 0 unspecified atom stereocenters. The Kier molecular flexibility index (Phi) is 6.04. The summed E-state index contributed by atoms with van der Waals surface area (Å²) in [7, 11) is 0. The first-order valence-electron chi connectivity index (χ1n) is 5.97. The number of carboxylic acids is 1. The normalized spacial score (nSPS) is 15.2. The minimum absolute atomic E-state index is 0.208. The van der Waals surface area contributed by atoms with Crippen molar-refractivity contribution in [2.45, 2.75) is 38.5 Å². The van der Waals surface area contributed by atoms with Gasteiger partial charge in [-0.05, 0) is 28.8 Å². The van der Waals surface area contributed by atoms with E-state index in [1.807, 2.05) is 0 Å². The maximum absolute atomic E-state index is 11.5. The van der Waals surface area contributed by atoms with Crippen molar-refractivity contribution in [3.8, 4) is 0 Å². The summed E-state index contributed by atoms with van der Waals surface area (Å²) in [5.74, 6) is -1.30. The lowest BCUT2D eigenvalue weighted by atomic mass is 10.1. The van der Waals surface area contributed by atoms with Gasteiger partial charge in [0.2, 0.25) is 0 Å². The molecule has 0 bridgehead atoms. The van der Waals surface area contributed by atoms with Gasteiger partial charge in [0.25, 0.3) is 11.8 Å². The first-order valence-corrected chi connectivity index (χ1v) is 6.76. The quantitative estimate of drug-likeness (QED) is 0.549. The van der Waals surface area contributed by atoms with Crippen LogP contribution in [0.15, 0.2) is 10.6 Å². The first-order chi connectivity index (χ1) is 8.52. The van der Waals surface area contributed by atoms with Crippen LogP contribution in [0, 0.1) is 0 Å². The number of hydrogen-bond acceptors (Lipinski definition) is 3. The number of carbonyl (C=O) groups excluding carboxylic acids is 2. The van der Waals surface area contributed by atoms with Crippen LogP contribution in [0.4, 0.5) is 0 Å². The molecule has 0 atom stereocenters. The summed E-state index contributed by atoms with van der Waals surface area (Å²) in [5.41, 5.74) is 0. The van der Waals surface area contributed by atoms with E-state index >= 15 is 0 Å². The fraction of sp³-hybridized carbons (Fsp3) is 0.583. The average Bonchev–Trinajstić information content (AvgIpc) is 2.53. The summed E-state index contributed by atoms with van der Waals surface area (Å²) in [6, 6.07) is 0. The highest BCUT2D eigenvalue weighted by Gasteiger charge is 2.28. The summed E-state index contributed by atoms with van der Waals surface area (Å²) in [4.78, 5) is 34.3. The van der Waals surface area contributed by atoms with Crippen LogP contribution in [-0.4, -0.2) is 34.3 Å².